The molecule has 0 bridgehead atoms. The molecule has 2 amide bonds. The summed E-state index contributed by atoms with van der Waals surface area (Å²) in [5, 5.41) is 0. The quantitative estimate of drug-likeness (QED) is 0.569. The average Bonchev–Trinajstić information content (AvgIpc) is 3.03. The van der Waals surface area contributed by atoms with E-state index in [2.05, 4.69) is 0 Å². The predicted octanol–water partition coefficient (Wildman–Crippen LogP) is 3.75. The van der Waals surface area contributed by atoms with Crippen LogP contribution in [-0.2, 0) is 9.59 Å². The highest BCUT2D eigenvalue weighted by molar-refractivity contribution is 8.27. The summed E-state index contributed by atoms with van der Waals surface area (Å²) < 4.78 is 0.446. The lowest BCUT2D eigenvalue weighted by Gasteiger charge is -2.16. The van der Waals surface area contributed by atoms with E-state index in [0.717, 1.165) is 22.5 Å². The number of thioether (sulfide) groups is 1. The number of fused-ring (bicyclic) bond motifs is 1. The lowest BCUT2D eigenvalue weighted by Crippen LogP contribution is -2.29. The third-order valence-electron chi connectivity index (χ3n) is 4.41. The molecule has 0 radical (unpaired) electrons. The van der Waals surface area contributed by atoms with Crippen LogP contribution in [0.1, 0.15) is 11.1 Å². The van der Waals surface area contributed by atoms with Crippen molar-refractivity contribution in [2.45, 2.75) is 6.92 Å². The molecule has 1 fully saturated rings. The van der Waals surface area contributed by atoms with E-state index in [1.165, 1.54) is 16.7 Å². The van der Waals surface area contributed by atoms with Crippen molar-refractivity contribution >= 4 is 57.1 Å². The number of thiocarbonyl (C=S) groups is 1. The molecule has 0 aliphatic carbocycles. The van der Waals surface area contributed by atoms with E-state index in [9.17, 15) is 9.59 Å². The van der Waals surface area contributed by atoms with Crippen molar-refractivity contribution in [1.29, 1.82) is 0 Å². The van der Waals surface area contributed by atoms with Crippen LogP contribution in [0.2, 0.25) is 0 Å². The van der Waals surface area contributed by atoms with Gasteiger partial charge in [0.05, 0.1) is 21.9 Å². The second-order valence-corrected chi connectivity index (χ2v) is 7.52. The lowest BCUT2D eigenvalue weighted by atomic mass is 10.1. The highest BCUT2D eigenvalue weighted by atomic mass is 32.2. The fourth-order valence-corrected chi connectivity index (χ4v) is 4.49. The Morgan fingerprint density at radius 2 is 1.56 bits per heavy atom. The van der Waals surface area contributed by atoms with Gasteiger partial charge in [-0.15, -0.1) is 0 Å². The van der Waals surface area contributed by atoms with Crippen molar-refractivity contribution < 1.29 is 9.59 Å². The molecule has 1 saturated heterocycles. The summed E-state index contributed by atoms with van der Waals surface area (Å²) in [5.74, 6) is -0.413. The zero-order valence-corrected chi connectivity index (χ0v) is 15.3. The first-order valence-corrected chi connectivity index (χ1v) is 8.97. The van der Waals surface area contributed by atoms with E-state index in [-0.39, 0.29) is 11.8 Å². The zero-order valence-electron chi connectivity index (χ0n) is 13.6. The van der Waals surface area contributed by atoms with Crippen molar-refractivity contribution in [3.8, 4) is 0 Å². The minimum absolute atomic E-state index is 0.175. The van der Waals surface area contributed by atoms with Crippen LogP contribution >= 0.6 is 24.0 Å². The molecule has 2 aliphatic heterocycles. The molecule has 2 aromatic rings. The number of hydrogen-bond acceptors (Lipinski definition) is 4. The fraction of sp³-hybridized carbons (Fsp3) is 0.105. The Morgan fingerprint density at radius 1 is 0.920 bits per heavy atom. The molecule has 0 N–H and O–H groups in total. The molecular formula is C19H14N2O2S2. The molecule has 6 heteroatoms. The molecule has 2 aromatic carbocycles. The van der Waals surface area contributed by atoms with Crippen LogP contribution in [0.3, 0.4) is 0 Å². The summed E-state index contributed by atoms with van der Waals surface area (Å²) in [4.78, 5) is 29.4. The molecule has 2 aliphatic rings. The second-order valence-electron chi connectivity index (χ2n) is 5.88. The minimum atomic E-state index is -0.238. The Balaban J connectivity index is 1.87. The summed E-state index contributed by atoms with van der Waals surface area (Å²) in [7, 11) is 1.72. The number of carbonyl (C=O) groups excluding carboxylic acids is 2. The van der Waals surface area contributed by atoms with E-state index < -0.39 is 0 Å². The first-order chi connectivity index (χ1) is 12.0. The number of hydrogen-bond donors (Lipinski definition) is 0. The molecule has 0 atom stereocenters. The highest BCUT2D eigenvalue weighted by Crippen LogP contribution is 2.45. The van der Waals surface area contributed by atoms with Gasteiger partial charge in [0, 0.05) is 12.6 Å². The van der Waals surface area contributed by atoms with Gasteiger partial charge in [-0.1, -0.05) is 60.4 Å². The summed E-state index contributed by atoms with van der Waals surface area (Å²) in [5.41, 5.74) is 3.74. The molecule has 0 aromatic heterocycles. The van der Waals surface area contributed by atoms with Crippen molar-refractivity contribution in [2.75, 3.05) is 16.8 Å². The number of aryl methyl sites for hydroxylation is 1. The number of nitrogens with zero attached hydrogens (tertiary/aromatic N) is 2. The predicted molar refractivity (Wildman–Crippen MR) is 106 cm³/mol. The maximum absolute atomic E-state index is 13.1. The van der Waals surface area contributed by atoms with E-state index in [1.54, 1.807) is 11.9 Å². The molecule has 4 nitrogen and oxygen atoms in total. The van der Waals surface area contributed by atoms with Gasteiger partial charge in [-0.2, -0.15) is 0 Å². The zero-order chi connectivity index (χ0) is 17.7. The Bertz CT molecular complexity index is 981. The molecule has 2 heterocycles. The first-order valence-electron chi connectivity index (χ1n) is 7.74. The Kier molecular flexibility index (Phi) is 3.74. The highest BCUT2D eigenvalue weighted by Gasteiger charge is 2.41. The van der Waals surface area contributed by atoms with Gasteiger partial charge >= 0.3 is 0 Å². The number of rotatable bonds is 1. The van der Waals surface area contributed by atoms with Crippen LogP contribution in [0.25, 0.3) is 5.57 Å². The van der Waals surface area contributed by atoms with Crippen LogP contribution in [0.5, 0.6) is 0 Å². The van der Waals surface area contributed by atoms with Crippen molar-refractivity contribution in [2.24, 2.45) is 0 Å². The molecule has 0 saturated carbocycles. The van der Waals surface area contributed by atoms with Gasteiger partial charge < -0.3 is 4.90 Å². The summed E-state index contributed by atoms with van der Waals surface area (Å²) in [6.45, 7) is 1.94. The Labute approximate surface area is 155 Å². The smallest absolute Gasteiger partial charge is 0.271 e. The van der Waals surface area contributed by atoms with Crippen LogP contribution < -0.4 is 9.80 Å². The number of likely N-dealkylation sites (N-methyl/N-ethyl adjacent to an activating group) is 1. The number of benzene rings is 2. The van der Waals surface area contributed by atoms with Crippen molar-refractivity contribution in [3.63, 3.8) is 0 Å². The molecule has 4 rings (SSSR count). The second kappa shape index (κ2) is 5.82. The van der Waals surface area contributed by atoms with E-state index in [4.69, 9.17) is 12.2 Å². The fourth-order valence-electron chi connectivity index (χ4n) is 3.13. The summed E-state index contributed by atoms with van der Waals surface area (Å²) >= 11 is 6.64. The lowest BCUT2D eigenvalue weighted by molar-refractivity contribution is -0.115. The standard InChI is InChI=1S/C19H14N2O2S2/c1-11-7-3-5-9-13(11)21-18(23)16(25-19(21)24)15-12-8-4-6-10-14(12)20(2)17(15)22/h3-10H,1-2H3. The molecule has 0 unspecified atom stereocenters. The van der Waals surface area contributed by atoms with Gasteiger partial charge in [0.25, 0.3) is 11.8 Å². The first kappa shape index (κ1) is 16.1. The number of carbonyl (C=O) groups is 2. The number of para-hydroxylation sites is 2. The van der Waals surface area contributed by atoms with Crippen LogP contribution in [0.4, 0.5) is 11.4 Å². The molecule has 124 valence electrons. The molecule has 25 heavy (non-hydrogen) atoms. The van der Waals surface area contributed by atoms with Gasteiger partial charge in [-0.25, -0.2) is 0 Å². The Hall–Kier alpha value is -2.44. The minimum Gasteiger partial charge on any atom is -0.311 e. The Morgan fingerprint density at radius 3 is 2.28 bits per heavy atom. The summed E-state index contributed by atoms with van der Waals surface area (Å²) in [6, 6.07) is 15.1. The molecular weight excluding hydrogens is 352 g/mol. The average molecular weight is 366 g/mol. The van der Waals surface area contributed by atoms with Gasteiger partial charge in [-0.05, 0) is 24.6 Å². The normalized spacial score (nSPS) is 19.8. The monoisotopic (exact) mass is 366 g/mol. The van der Waals surface area contributed by atoms with Gasteiger partial charge in [-0.3, -0.25) is 14.5 Å². The van der Waals surface area contributed by atoms with E-state index >= 15 is 0 Å². The van der Waals surface area contributed by atoms with E-state index in [1.807, 2.05) is 55.5 Å². The van der Waals surface area contributed by atoms with Crippen LogP contribution in [0, 0.1) is 6.92 Å². The summed E-state index contributed by atoms with van der Waals surface area (Å²) in [6.07, 6.45) is 0. The van der Waals surface area contributed by atoms with Gasteiger partial charge in [0.15, 0.2) is 4.32 Å². The van der Waals surface area contributed by atoms with Crippen LogP contribution in [-0.4, -0.2) is 23.2 Å². The van der Waals surface area contributed by atoms with Gasteiger partial charge in [0.1, 0.15) is 0 Å². The largest absolute Gasteiger partial charge is 0.311 e. The number of anilines is 2. The topological polar surface area (TPSA) is 40.6 Å². The van der Waals surface area contributed by atoms with Crippen molar-refractivity contribution in [3.05, 3.63) is 64.6 Å². The molecule has 0 spiro atoms. The van der Waals surface area contributed by atoms with Gasteiger partial charge in [0.2, 0.25) is 0 Å². The van der Waals surface area contributed by atoms with E-state index in [0.29, 0.717) is 14.8 Å². The van der Waals surface area contributed by atoms with Crippen LogP contribution in [0.15, 0.2) is 53.4 Å². The SMILES string of the molecule is Cc1ccccc1N1C(=O)C(=C2C(=O)N(C)c3ccccc32)SC1=S. The third kappa shape index (κ3) is 2.33. The third-order valence-corrected chi connectivity index (χ3v) is 5.78. The number of amides is 2. The maximum atomic E-state index is 13.1. The van der Waals surface area contributed by atoms with Crippen molar-refractivity contribution in [1.82, 2.24) is 0 Å². The maximum Gasteiger partial charge on any atom is 0.271 e.